The second kappa shape index (κ2) is 4.55. The summed E-state index contributed by atoms with van der Waals surface area (Å²) in [4.78, 5) is 0. The molecule has 1 aromatic rings. The van der Waals surface area contributed by atoms with Crippen molar-refractivity contribution in [2.75, 3.05) is 20.0 Å². The summed E-state index contributed by atoms with van der Waals surface area (Å²) in [5.74, 6) is 3.02. The van der Waals surface area contributed by atoms with E-state index in [1.54, 1.807) is 26.0 Å². The molecule has 1 aliphatic rings. The van der Waals surface area contributed by atoms with Crippen LogP contribution in [0.15, 0.2) is 6.07 Å². The Kier molecular flexibility index (Phi) is 3.30. The zero-order chi connectivity index (χ0) is 11.7. The van der Waals surface area contributed by atoms with E-state index in [9.17, 15) is 5.11 Å². The van der Waals surface area contributed by atoms with Crippen molar-refractivity contribution in [3.05, 3.63) is 22.8 Å². The lowest BCUT2D eigenvalue weighted by Crippen LogP contribution is -2.13. The smallest absolute Gasteiger partial charge is 0.166 e. The Hall–Kier alpha value is -0.870. The van der Waals surface area contributed by atoms with Crippen LogP contribution in [0.4, 0.5) is 0 Å². The Morgan fingerprint density at radius 3 is 2.75 bits per heavy atom. The highest BCUT2D eigenvalue weighted by molar-refractivity contribution is 7.98. The second-order valence-electron chi connectivity index (χ2n) is 3.85. The van der Waals surface area contributed by atoms with E-state index in [0.717, 1.165) is 22.6 Å². The molecule has 0 aliphatic carbocycles. The Labute approximate surface area is 99.8 Å². The molecule has 2 rings (SSSR count). The lowest BCUT2D eigenvalue weighted by Gasteiger charge is -2.26. The molecule has 0 amide bonds. The van der Waals surface area contributed by atoms with E-state index in [4.69, 9.17) is 9.47 Å². The van der Waals surface area contributed by atoms with Crippen molar-refractivity contribution >= 4 is 11.8 Å². The summed E-state index contributed by atoms with van der Waals surface area (Å²) in [5, 5.41) is 10.1. The van der Waals surface area contributed by atoms with Crippen molar-refractivity contribution in [1.29, 1.82) is 0 Å². The van der Waals surface area contributed by atoms with Gasteiger partial charge in [-0.15, -0.1) is 0 Å². The number of rotatable bonds is 2. The topological polar surface area (TPSA) is 38.7 Å². The number of ether oxygens (including phenoxy) is 2. The standard InChI is InChI=1S/C12H16O3S/c1-7-4-10(14-2)12(15-3)11-8(7)5-16-6-9(11)13/h4,9,13H,5-6H2,1-3H3. The van der Waals surface area contributed by atoms with Crippen LogP contribution in [-0.2, 0) is 5.75 Å². The van der Waals surface area contributed by atoms with Crippen molar-refractivity contribution in [1.82, 2.24) is 0 Å². The molecule has 1 aliphatic heterocycles. The van der Waals surface area contributed by atoms with Crippen molar-refractivity contribution in [3.8, 4) is 11.5 Å². The predicted molar refractivity (Wildman–Crippen MR) is 65.4 cm³/mol. The fourth-order valence-corrected chi connectivity index (χ4v) is 3.19. The monoisotopic (exact) mass is 240 g/mol. The van der Waals surface area contributed by atoms with Gasteiger partial charge in [-0.05, 0) is 24.1 Å². The molecule has 0 saturated carbocycles. The first-order valence-electron chi connectivity index (χ1n) is 5.19. The Morgan fingerprint density at radius 2 is 2.12 bits per heavy atom. The third-order valence-corrected chi connectivity index (χ3v) is 3.94. The zero-order valence-electron chi connectivity index (χ0n) is 9.74. The molecule has 0 saturated heterocycles. The fraction of sp³-hybridized carbons (Fsp3) is 0.500. The van der Waals surface area contributed by atoms with Crippen LogP contribution in [0.1, 0.15) is 22.8 Å². The third-order valence-electron chi connectivity index (χ3n) is 2.90. The van der Waals surface area contributed by atoms with Gasteiger partial charge in [-0.2, -0.15) is 11.8 Å². The van der Waals surface area contributed by atoms with E-state index >= 15 is 0 Å². The van der Waals surface area contributed by atoms with Gasteiger partial charge in [-0.25, -0.2) is 0 Å². The SMILES string of the molecule is COc1cc(C)c2c(c1OC)C(O)CSC2. The minimum Gasteiger partial charge on any atom is -0.493 e. The molecule has 1 aromatic carbocycles. The molecule has 1 N–H and O–H groups in total. The number of methoxy groups -OCH3 is 2. The first kappa shape index (κ1) is 11.6. The highest BCUT2D eigenvalue weighted by Gasteiger charge is 2.26. The number of hydrogen-bond donors (Lipinski definition) is 1. The lowest BCUT2D eigenvalue weighted by molar-refractivity contribution is 0.195. The van der Waals surface area contributed by atoms with E-state index in [1.165, 1.54) is 5.56 Å². The van der Waals surface area contributed by atoms with Gasteiger partial charge in [-0.3, -0.25) is 0 Å². The van der Waals surface area contributed by atoms with Crippen LogP contribution < -0.4 is 9.47 Å². The average Bonchev–Trinajstić information content (AvgIpc) is 2.29. The second-order valence-corrected chi connectivity index (χ2v) is 4.88. The van der Waals surface area contributed by atoms with Gasteiger partial charge in [0, 0.05) is 17.1 Å². The third kappa shape index (κ3) is 1.76. The van der Waals surface area contributed by atoms with Gasteiger partial charge < -0.3 is 14.6 Å². The Balaban J connectivity index is 2.65. The average molecular weight is 240 g/mol. The van der Waals surface area contributed by atoms with Crippen LogP contribution in [0.2, 0.25) is 0 Å². The van der Waals surface area contributed by atoms with Gasteiger partial charge in [-0.1, -0.05) is 0 Å². The number of hydrogen-bond acceptors (Lipinski definition) is 4. The number of thioether (sulfide) groups is 1. The van der Waals surface area contributed by atoms with Crippen LogP contribution in [0, 0.1) is 6.92 Å². The van der Waals surface area contributed by atoms with E-state index in [2.05, 4.69) is 0 Å². The van der Waals surface area contributed by atoms with Crippen LogP contribution in [-0.4, -0.2) is 25.1 Å². The van der Waals surface area contributed by atoms with Crippen molar-refractivity contribution in [2.45, 2.75) is 18.8 Å². The molecule has 0 bridgehead atoms. The molecule has 1 atom stereocenters. The summed E-state index contributed by atoms with van der Waals surface area (Å²) in [6.07, 6.45) is -0.461. The lowest BCUT2D eigenvalue weighted by atomic mass is 9.97. The van der Waals surface area contributed by atoms with E-state index in [0.29, 0.717) is 11.5 Å². The van der Waals surface area contributed by atoms with E-state index < -0.39 is 6.10 Å². The van der Waals surface area contributed by atoms with E-state index in [-0.39, 0.29) is 0 Å². The summed E-state index contributed by atoms with van der Waals surface area (Å²) in [5.41, 5.74) is 3.23. The van der Waals surface area contributed by atoms with E-state index in [1.807, 2.05) is 13.0 Å². The molecular formula is C12H16O3S. The maximum absolute atomic E-state index is 10.1. The Bertz CT molecular complexity index is 404. The molecule has 0 fully saturated rings. The minimum atomic E-state index is -0.461. The number of benzene rings is 1. The van der Waals surface area contributed by atoms with Crippen LogP contribution in [0.3, 0.4) is 0 Å². The van der Waals surface area contributed by atoms with Crippen LogP contribution >= 0.6 is 11.8 Å². The Morgan fingerprint density at radius 1 is 1.38 bits per heavy atom. The molecule has 4 heteroatoms. The molecular weight excluding hydrogens is 224 g/mol. The molecule has 3 nitrogen and oxygen atoms in total. The molecule has 0 radical (unpaired) electrons. The maximum atomic E-state index is 10.1. The van der Waals surface area contributed by atoms with Crippen LogP contribution in [0.5, 0.6) is 11.5 Å². The van der Waals surface area contributed by atoms with Crippen molar-refractivity contribution in [3.63, 3.8) is 0 Å². The first-order chi connectivity index (χ1) is 7.69. The largest absolute Gasteiger partial charge is 0.493 e. The highest BCUT2D eigenvalue weighted by Crippen LogP contribution is 2.44. The summed E-state index contributed by atoms with van der Waals surface area (Å²) in [6, 6.07) is 1.97. The maximum Gasteiger partial charge on any atom is 0.166 e. The summed E-state index contributed by atoms with van der Waals surface area (Å²) in [7, 11) is 3.23. The quantitative estimate of drug-likeness (QED) is 0.861. The number of aliphatic hydroxyl groups excluding tert-OH is 1. The number of aryl methyl sites for hydroxylation is 1. The fourth-order valence-electron chi connectivity index (χ4n) is 2.09. The molecule has 1 heterocycles. The molecule has 16 heavy (non-hydrogen) atoms. The normalized spacial score (nSPS) is 19.1. The van der Waals surface area contributed by atoms with Gasteiger partial charge in [0.1, 0.15) is 0 Å². The van der Waals surface area contributed by atoms with Crippen LogP contribution in [0.25, 0.3) is 0 Å². The van der Waals surface area contributed by atoms with Gasteiger partial charge in [0.25, 0.3) is 0 Å². The van der Waals surface area contributed by atoms with Crippen molar-refractivity contribution in [2.24, 2.45) is 0 Å². The molecule has 88 valence electrons. The van der Waals surface area contributed by atoms with Gasteiger partial charge in [0.05, 0.1) is 20.3 Å². The predicted octanol–water partition coefficient (Wildman–Crippen LogP) is 2.29. The summed E-state index contributed by atoms with van der Waals surface area (Å²) >= 11 is 1.75. The van der Waals surface area contributed by atoms with Gasteiger partial charge >= 0.3 is 0 Å². The summed E-state index contributed by atoms with van der Waals surface area (Å²) in [6.45, 7) is 2.04. The first-order valence-corrected chi connectivity index (χ1v) is 6.34. The van der Waals surface area contributed by atoms with Gasteiger partial charge in [0.2, 0.25) is 0 Å². The zero-order valence-corrected chi connectivity index (χ0v) is 10.6. The van der Waals surface area contributed by atoms with Crippen molar-refractivity contribution < 1.29 is 14.6 Å². The van der Waals surface area contributed by atoms with Gasteiger partial charge in [0.15, 0.2) is 11.5 Å². The molecule has 0 aromatic heterocycles. The number of aliphatic hydroxyl groups is 1. The number of fused-ring (bicyclic) bond motifs is 1. The molecule has 1 unspecified atom stereocenters. The minimum absolute atomic E-state index is 0.461. The molecule has 0 spiro atoms. The summed E-state index contributed by atoms with van der Waals surface area (Å²) < 4.78 is 10.7. The highest BCUT2D eigenvalue weighted by atomic mass is 32.2.